The molecule has 3 aliphatic rings. The summed E-state index contributed by atoms with van der Waals surface area (Å²) in [6, 6.07) is 9.94. The number of H-pyrrole nitrogens is 1. The number of amides is 2. The highest BCUT2D eigenvalue weighted by Gasteiger charge is 2.67. The summed E-state index contributed by atoms with van der Waals surface area (Å²) in [7, 11) is 1.76. The van der Waals surface area contributed by atoms with E-state index in [4.69, 9.17) is 4.74 Å². The average molecular weight is 406 g/mol. The first-order chi connectivity index (χ1) is 14.4. The smallest absolute Gasteiger partial charge is 0.234 e. The molecule has 3 aliphatic heterocycles. The first-order valence-electron chi connectivity index (χ1n) is 10.4. The second-order valence-electron chi connectivity index (χ2n) is 8.85. The van der Waals surface area contributed by atoms with Crippen LogP contribution in [0.25, 0.3) is 0 Å². The Hall–Kier alpha value is -2.93. The fourth-order valence-electron chi connectivity index (χ4n) is 5.00. The van der Waals surface area contributed by atoms with E-state index >= 15 is 0 Å². The second kappa shape index (κ2) is 6.80. The van der Waals surface area contributed by atoms with Gasteiger partial charge in [-0.25, -0.2) is 0 Å². The van der Waals surface area contributed by atoms with E-state index < -0.39 is 17.4 Å². The van der Waals surface area contributed by atoms with Crippen LogP contribution in [-0.4, -0.2) is 52.2 Å². The zero-order valence-electron chi connectivity index (χ0n) is 17.4. The number of nitrogens with one attached hydrogen (secondary N) is 1. The summed E-state index contributed by atoms with van der Waals surface area (Å²) < 4.78 is 6.25. The molecule has 156 valence electrons. The third-order valence-electron chi connectivity index (χ3n) is 6.60. The molecule has 2 bridgehead atoms. The van der Waals surface area contributed by atoms with E-state index in [1.165, 1.54) is 5.56 Å². The van der Waals surface area contributed by atoms with Gasteiger partial charge in [-0.15, -0.1) is 0 Å². The molecule has 1 aromatic heterocycles. The molecule has 1 aromatic carbocycles. The molecule has 2 saturated heterocycles. The zero-order valence-corrected chi connectivity index (χ0v) is 17.4. The SMILES string of the molecule is CC(C)c1ccc(N2C[C@]34C=C[C@H](O3)[C@H](C(=O)N(C)Cc3ccn[nH]3)[C@@H]4C2=O)cc1. The second-order valence-corrected chi connectivity index (χ2v) is 8.85. The summed E-state index contributed by atoms with van der Waals surface area (Å²) in [5.41, 5.74) is 2.22. The van der Waals surface area contributed by atoms with Crippen molar-refractivity contribution >= 4 is 17.5 Å². The van der Waals surface area contributed by atoms with E-state index in [2.05, 4.69) is 36.2 Å². The number of benzene rings is 1. The highest BCUT2D eigenvalue weighted by atomic mass is 16.5. The van der Waals surface area contributed by atoms with Crippen LogP contribution in [0.5, 0.6) is 0 Å². The Balaban J connectivity index is 1.40. The van der Waals surface area contributed by atoms with Crippen molar-refractivity contribution in [1.82, 2.24) is 15.1 Å². The van der Waals surface area contributed by atoms with Gasteiger partial charge in [-0.05, 0) is 29.7 Å². The van der Waals surface area contributed by atoms with Crippen molar-refractivity contribution in [2.75, 3.05) is 18.5 Å². The Kier molecular flexibility index (Phi) is 4.32. The lowest BCUT2D eigenvalue weighted by molar-refractivity contribution is -0.139. The number of rotatable bonds is 5. The van der Waals surface area contributed by atoms with Gasteiger partial charge < -0.3 is 14.5 Å². The zero-order chi connectivity index (χ0) is 21.0. The number of carbonyl (C=O) groups excluding carboxylic acids is 2. The van der Waals surface area contributed by atoms with E-state index in [1.807, 2.05) is 30.4 Å². The maximum absolute atomic E-state index is 13.5. The lowest BCUT2D eigenvalue weighted by Crippen LogP contribution is -2.44. The van der Waals surface area contributed by atoms with E-state index in [0.717, 1.165) is 11.4 Å². The highest BCUT2D eigenvalue weighted by Crippen LogP contribution is 2.53. The Morgan fingerprint density at radius 2 is 2.10 bits per heavy atom. The van der Waals surface area contributed by atoms with Crippen LogP contribution in [0.4, 0.5) is 5.69 Å². The van der Waals surface area contributed by atoms with Crippen LogP contribution in [0.1, 0.15) is 31.0 Å². The van der Waals surface area contributed by atoms with Crippen molar-refractivity contribution in [2.45, 2.75) is 38.0 Å². The van der Waals surface area contributed by atoms with E-state index in [9.17, 15) is 9.59 Å². The Morgan fingerprint density at radius 3 is 2.77 bits per heavy atom. The van der Waals surface area contributed by atoms with Crippen molar-refractivity contribution in [1.29, 1.82) is 0 Å². The molecule has 4 heterocycles. The Morgan fingerprint density at radius 1 is 1.33 bits per heavy atom. The molecule has 0 radical (unpaired) electrons. The van der Waals surface area contributed by atoms with Gasteiger partial charge in [-0.1, -0.05) is 38.1 Å². The number of anilines is 1. The van der Waals surface area contributed by atoms with Crippen LogP contribution in [0, 0.1) is 11.8 Å². The molecular formula is C23H26N4O3. The largest absolute Gasteiger partial charge is 0.360 e. The number of fused-ring (bicyclic) bond motifs is 1. The van der Waals surface area contributed by atoms with Crippen molar-refractivity contribution in [3.8, 4) is 0 Å². The summed E-state index contributed by atoms with van der Waals surface area (Å²) in [6.07, 6.45) is 5.25. The van der Waals surface area contributed by atoms with Crippen molar-refractivity contribution in [3.63, 3.8) is 0 Å². The Labute approximate surface area is 175 Å². The van der Waals surface area contributed by atoms with Crippen LogP contribution < -0.4 is 4.90 Å². The number of aromatic nitrogens is 2. The monoisotopic (exact) mass is 406 g/mol. The first kappa shape index (κ1) is 19.1. The molecule has 2 fully saturated rings. The van der Waals surface area contributed by atoms with E-state index in [1.54, 1.807) is 23.0 Å². The number of carbonyl (C=O) groups is 2. The first-order valence-corrected chi connectivity index (χ1v) is 10.4. The third kappa shape index (κ3) is 2.80. The minimum absolute atomic E-state index is 0.0348. The topological polar surface area (TPSA) is 78.5 Å². The third-order valence-corrected chi connectivity index (χ3v) is 6.60. The fourth-order valence-corrected chi connectivity index (χ4v) is 5.00. The molecule has 2 amide bonds. The number of hydrogen-bond donors (Lipinski definition) is 1. The molecule has 2 aromatic rings. The summed E-state index contributed by atoms with van der Waals surface area (Å²) in [6.45, 7) is 5.15. The minimum atomic E-state index is -0.715. The van der Waals surface area contributed by atoms with Gasteiger partial charge in [0.05, 0.1) is 36.7 Å². The molecule has 30 heavy (non-hydrogen) atoms. The highest BCUT2D eigenvalue weighted by molar-refractivity contribution is 6.03. The van der Waals surface area contributed by atoms with E-state index in [0.29, 0.717) is 19.0 Å². The molecule has 5 rings (SSSR count). The Bertz CT molecular complexity index is 998. The van der Waals surface area contributed by atoms with Crippen LogP contribution in [0.15, 0.2) is 48.7 Å². The van der Waals surface area contributed by atoms with Gasteiger partial charge in [0, 0.05) is 18.9 Å². The summed E-state index contributed by atoms with van der Waals surface area (Å²) in [5.74, 6) is -0.673. The van der Waals surface area contributed by atoms with Gasteiger partial charge in [0.1, 0.15) is 5.60 Å². The number of aromatic amines is 1. The predicted octanol–water partition coefficient (Wildman–Crippen LogP) is 2.48. The van der Waals surface area contributed by atoms with Gasteiger partial charge in [0.15, 0.2) is 0 Å². The molecule has 7 nitrogen and oxygen atoms in total. The van der Waals surface area contributed by atoms with Gasteiger partial charge in [-0.2, -0.15) is 5.10 Å². The minimum Gasteiger partial charge on any atom is -0.360 e. The van der Waals surface area contributed by atoms with Gasteiger partial charge >= 0.3 is 0 Å². The molecule has 7 heteroatoms. The maximum atomic E-state index is 13.5. The number of nitrogens with zero attached hydrogens (tertiary/aromatic N) is 3. The molecule has 1 spiro atoms. The van der Waals surface area contributed by atoms with Crippen LogP contribution in [0.2, 0.25) is 0 Å². The lowest BCUT2D eigenvalue weighted by Gasteiger charge is -2.27. The van der Waals surface area contributed by atoms with Gasteiger partial charge in [-0.3, -0.25) is 14.7 Å². The summed E-state index contributed by atoms with van der Waals surface area (Å²) >= 11 is 0. The van der Waals surface area contributed by atoms with Crippen molar-refractivity contribution in [2.24, 2.45) is 11.8 Å². The van der Waals surface area contributed by atoms with Crippen molar-refractivity contribution < 1.29 is 14.3 Å². The normalized spacial score (nSPS) is 29.1. The van der Waals surface area contributed by atoms with Crippen LogP contribution >= 0.6 is 0 Å². The molecule has 0 unspecified atom stereocenters. The molecule has 1 N–H and O–H groups in total. The van der Waals surface area contributed by atoms with Crippen LogP contribution in [0.3, 0.4) is 0 Å². The number of hydrogen-bond acceptors (Lipinski definition) is 4. The standard InChI is InChI=1S/C23H26N4O3/c1-14(2)15-4-6-17(7-5-15)27-13-23-10-8-18(30-23)19(20(23)22(27)29)21(28)26(3)12-16-9-11-24-25-16/h4-11,14,18-20H,12-13H2,1-3H3,(H,24,25)/t18-,19-,20+,23-/m0/s1. The van der Waals surface area contributed by atoms with Gasteiger partial charge in [0.2, 0.25) is 11.8 Å². The fraction of sp³-hybridized carbons (Fsp3) is 0.435. The quantitative estimate of drug-likeness (QED) is 0.774. The van der Waals surface area contributed by atoms with Crippen LogP contribution in [-0.2, 0) is 20.9 Å². The summed E-state index contributed by atoms with van der Waals surface area (Å²) in [5, 5.41) is 6.81. The molecular weight excluding hydrogens is 380 g/mol. The van der Waals surface area contributed by atoms with Crippen molar-refractivity contribution in [3.05, 3.63) is 59.9 Å². The molecule has 0 saturated carbocycles. The number of ether oxygens (including phenoxy) is 1. The predicted molar refractivity (Wildman–Crippen MR) is 112 cm³/mol. The maximum Gasteiger partial charge on any atom is 0.234 e. The average Bonchev–Trinajstić information content (AvgIpc) is 3.50. The lowest BCUT2D eigenvalue weighted by atomic mass is 9.76. The molecule has 0 aliphatic carbocycles. The van der Waals surface area contributed by atoms with Gasteiger partial charge in [0.25, 0.3) is 0 Å². The molecule has 4 atom stereocenters. The summed E-state index contributed by atoms with van der Waals surface area (Å²) in [4.78, 5) is 30.2. The van der Waals surface area contributed by atoms with E-state index in [-0.39, 0.29) is 17.9 Å².